The van der Waals surface area contributed by atoms with E-state index in [9.17, 15) is 0 Å². The predicted molar refractivity (Wildman–Crippen MR) is 289 cm³/mol. The molecular weight excluding hydrogens is 850 g/mol. The van der Waals surface area contributed by atoms with Crippen molar-refractivity contribution in [2.24, 2.45) is 0 Å². The van der Waals surface area contributed by atoms with Crippen molar-refractivity contribution < 1.29 is 8.83 Å². The number of fused-ring (bicyclic) bond motifs is 17. The van der Waals surface area contributed by atoms with Gasteiger partial charge in [-0.25, -0.2) is 4.98 Å². The van der Waals surface area contributed by atoms with Crippen molar-refractivity contribution in [3.05, 3.63) is 156 Å². The summed E-state index contributed by atoms with van der Waals surface area (Å²) in [5.41, 5.74) is 19.0. The molecule has 0 atom stereocenters. The molecule has 14 rings (SSSR count). The van der Waals surface area contributed by atoms with Gasteiger partial charge in [0.1, 0.15) is 16.7 Å². The fourth-order valence-electron chi connectivity index (χ4n) is 11.5. The summed E-state index contributed by atoms with van der Waals surface area (Å²) in [7, 11) is 0. The van der Waals surface area contributed by atoms with Crippen LogP contribution in [0.5, 0.6) is 0 Å². The second-order valence-corrected chi connectivity index (χ2v) is 23.4. The summed E-state index contributed by atoms with van der Waals surface area (Å²) in [4.78, 5) is 7.88. The van der Waals surface area contributed by atoms with Gasteiger partial charge in [-0.1, -0.05) is 129 Å². The standard InChI is InChI=1S/C61H50BN3O2S/c1-59(2,3)34-19-23-37(24-20-34)65-46-29-40-38-25-21-36(61(7,8)9)28-48(38)66-49(40)30-42(46)52-53-39-17-13-14-18-51(39)68-57(53)54-41-27-35(60(4,5)6)22-26-45(41)64-47-32-50-44(31-43(47)62(65)55(52)56(54)64)63-58(67-50)33-15-11-10-12-16-33/h10-32H,1-9H3. The maximum absolute atomic E-state index is 6.99. The van der Waals surface area contributed by atoms with Crippen LogP contribution in [0.2, 0.25) is 0 Å². The number of hydrogen-bond acceptors (Lipinski definition) is 5. The molecule has 4 aromatic heterocycles. The Morgan fingerprint density at radius 3 is 2.00 bits per heavy atom. The summed E-state index contributed by atoms with van der Waals surface area (Å²) in [6.07, 6.45) is 0. The van der Waals surface area contributed by atoms with Gasteiger partial charge in [0.05, 0.1) is 11.0 Å². The minimum Gasteiger partial charge on any atom is -0.456 e. The van der Waals surface area contributed by atoms with E-state index in [4.69, 9.17) is 13.8 Å². The van der Waals surface area contributed by atoms with E-state index >= 15 is 0 Å². The molecule has 68 heavy (non-hydrogen) atoms. The van der Waals surface area contributed by atoms with Gasteiger partial charge in [-0.15, -0.1) is 11.3 Å². The Kier molecular flexibility index (Phi) is 7.84. The van der Waals surface area contributed by atoms with Crippen LogP contribution in [0, 0.1) is 0 Å². The highest BCUT2D eigenvalue weighted by Gasteiger charge is 2.46. The van der Waals surface area contributed by atoms with Crippen molar-refractivity contribution in [3.63, 3.8) is 0 Å². The molecule has 2 aliphatic heterocycles. The van der Waals surface area contributed by atoms with E-state index in [-0.39, 0.29) is 23.1 Å². The molecule has 0 N–H and O–H groups in total. The maximum atomic E-state index is 6.99. The van der Waals surface area contributed by atoms with E-state index < -0.39 is 0 Å². The molecule has 0 saturated carbocycles. The Morgan fingerprint density at radius 2 is 1.24 bits per heavy atom. The number of aromatic nitrogens is 2. The van der Waals surface area contributed by atoms with Crippen molar-refractivity contribution in [2.75, 3.05) is 4.81 Å². The van der Waals surface area contributed by atoms with Crippen molar-refractivity contribution in [1.29, 1.82) is 0 Å². The van der Waals surface area contributed by atoms with Crippen LogP contribution in [0.3, 0.4) is 0 Å². The lowest BCUT2D eigenvalue weighted by atomic mass is 9.43. The highest BCUT2D eigenvalue weighted by atomic mass is 32.1. The van der Waals surface area contributed by atoms with E-state index in [2.05, 4.69) is 193 Å². The molecule has 0 unspecified atom stereocenters. The molecule has 0 radical (unpaired) electrons. The minimum atomic E-state index is -0.221. The minimum absolute atomic E-state index is 0.00417. The van der Waals surface area contributed by atoms with Crippen molar-refractivity contribution in [2.45, 2.75) is 78.6 Å². The maximum Gasteiger partial charge on any atom is 0.333 e. The number of benzene rings is 8. The number of thiophene rings is 1. The lowest BCUT2D eigenvalue weighted by Crippen LogP contribution is -2.60. The van der Waals surface area contributed by atoms with Crippen LogP contribution in [0.1, 0.15) is 79.0 Å². The fourth-order valence-corrected chi connectivity index (χ4v) is 12.8. The summed E-state index contributed by atoms with van der Waals surface area (Å²) >= 11 is 1.92. The normalized spacial score (nSPS) is 13.9. The molecule has 0 saturated heterocycles. The van der Waals surface area contributed by atoms with Crippen molar-refractivity contribution in [3.8, 4) is 28.3 Å². The van der Waals surface area contributed by atoms with Crippen LogP contribution in [0.15, 0.2) is 148 Å². The Bertz CT molecular complexity index is 4150. The average molecular weight is 900 g/mol. The van der Waals surface area contributed by atoms with Gasteiger partial charge in [-0.05, 0) is 116 Å². The first-order valence-corrected chi connectivity index (χ1v) is 24.8. The lowest BCUT2D eigenvalue weighted by molar-refractivity contribution is 0.587. The van der Waals surface area contributed by atoms with Gasteiger partial charge in [0.2, 0.25) is 5.89 Å². The summed E-state index contributed by atoms with van der Waals surface area (Å²) < 4.78 is 18.9. The van der Waals surface area contributed by atoms with Gasteiger partial charge in [0.25, 0.3) is 0 Å². The van der Waals surface area contributed by atoms with Crippen LogP contribution in [-0.4, -0.2) is 16.4 Å². The van der Waals surface area contributed by atoms with Gasteiger partial charge < -0.3 is 18.2 Å². The molecule has 0 spiro atoms. The van der Waals surface area contributed by atoms with Gasteiger partial charge in [-0.2, -0.15) is 0 Å². The zero-order chi connectivity index (χ0) is 46.3. The van der Waals surface area contributed by atoms with Gasteiger partial charge in [-0.3, -0.25) is 0 Å². The summed E-state index contributed by atoms with van der Waals surface area (Å²) in [6, 6.07) is 52.1. The molecule has 6 heterocycles. The Morgan fingerprint density at radius 1 is 0.544 bits per heavy atom. The van der Waals surface area contributed by atoms with Crippen molar-refractivity contribution in [1.82, 2.24) is 9.55 Å². The Balaban J connectivity index is 1.19. The number of oxazole rings is 1. The monoisotopic (exact) mass is 899 g/mol. The van der Waals surface area contributed by atoms with Crippen LogP contribution >= 0.6 is 11.3 Å². The largest absolute Gasteiger partial charge is 0.456 e. The average Bonchev–Trinajstić information content (AvgIpc) is 4.09. The van der Waals surface area contributed by atoms with E-state index in [1.165, 1.54) is 80.7 Å². The first-order chi connectivity index (χ1) is 32.6. The van der Waals surface area contributed by atoms with Gasteiger partial charge in [0, 0.05) is 76.0 Å². The molecule has 7 heteroatoms. The molecule has 2 aliphatic rings. The van der Waals surface area contributed by atoms with Gasteiger partial charge >= 0.3 is 6.85 Å². The van der Waals surface area contributed by atoms with Crippen molar-refractivity contribution >= 4 is 116 Å². The van der Waals surface area contributed by atoms with Crippen LogP contribution in [0.4, 0.5) is 11.4 Å². The van der Waals surface area contributed by atoms with E-state index in [1.54, 1.807) is 0 Å². The number of furan rings is 1. The second-order valence-electron chi connectivity index (χ2n) is 22.4. The smallest absolute Gasteiger partial charge is 0.333 e. The third-order valence-corrected chi connectivity index (χ3v) is 16.2. The van der Waals surface area contributed by atoms with E-state index in [0.717, 1.165) is 55.7 Å². The third-order valence-electron chi connectivity index (χ3n) is 15.1. The molecule has 0 bridgehead atoms. The topological polar surface area (TPSA) is 47.3 Å². The van der Waals surface area contributed by atoms with Crippen LogP contribution in [0.25, 0.3) is 103 Å². The predicted octanol–water partition coefficient (Wildman–Crippen LogP) is 16.0. The third kappa shape index (κ3) is 5.48. The zero-order valence-corrected chi connectivity index (χ0v) is 40.7. The quantitative estimate of drug-likeness (QED) is 0.162. The molecule has 5 nitrogen and oxygen atoms in total. The zero-order valence-electron chi connectivity index (χ0n) is 39.9. The Labute approximate surface area is 399 Å². The van der Waals surface area contributed by atoms with E-state index in [1.807, 2.05) is 29.5 Å². The number of nitrogens with zero attached hydrogens (tertiary/aromatic N) is 3. The summed E-state index contributed by atoms with van der Waals surface area (Å²) in [5.74, 6) is 0.623. The summed E-state index contributed by atoms with van der Waals surface area (Å²) in [5, 5.41) is 7.42. The number of rotatable bonds is 2. The van der Waals surface area contributed by atoms with Crippen LogP contribution in [-0.2, 0) is 16.2 Å². The summed E-state index contributed by atoms with van der Waals surface area (Å²) in [6.45, 7) is 20.4. The fraction of sp³-hybridized carbons (Fsp3) is 0.197. The molecule has 330 valence electrons. The number of anilines is 2. The SMILES string of the molecule is CC(C)(C)c1ccc(N2B3c4cc5nc(-c6ccccc6)oc5cc4-n4c5ccc(C(C)(C)C)cc5c5c6sc7ccccc7c6c(c3c54)-c3cc4oc5cc(C(C)(C)C)ccc5c4cc32)cc1. The molecule has 12 aromatic rings. The first kappa shape index (κ1) is 40.0. The molecule has 0 fully saturated rings. The second kappa shape index (κ2) is 13.3. The van der Waals surface area contributed by atoms with Crippen LogP contribution < -0.4 is 15.7 Å². The van der Waals surface area contributed by atoms with Gasteiger partial charge in [0.15, 0.2) is 5.58 Å². The first-order valence-electron chi connectivity index (χ1n) is 24.0. The highest BCUT2D eigenvalue weighted by molar-refractivity contribution is 7.27. The highest BCUT2D eigenvalue weighted by Crippen LogP contribution is 2.54. The molecular formula is C61H50BN3O2S. The molecule has 8 aromatic carbocycles. The Hall–Kier alpha value is -7.09. The molecule has 0 aliphatic carbocycles. The van der Waals surface area contributed by atoms with E-state index in [0.29, 0.717) is 5.89 Å². The molecule has 0 amide bonds. The lowest BCUT2D eigenvalue weighted by Gasteiger charge is -2.42. The number of hydrogen-bond donors (Lipinski definition) is 0.